The van der Waals surface area contributed by atoms with Crippen molar-refractivity contribution in [1.82, 2.24) is 0 Å². The summed E-state index contributed by atoms with van der Waals surface area (Å²) in [5.74, 6) is 3.19. The van der Waals surface area contributed by atoms with E-state index < -0.39 is 5.97 Å². The van der Waals surface area contributed by atoms with Gasteiger partial charge in [0.25, 0.3) is 0 Å². The van der Waals surface area contributed by atoms with Crippen LogP contribution in [0.4, 0.5) is 0 Å². The summed E-state index contributed by atoms with van der Waals surface area (Å²) in [6, 6.07) is 0. The molecule has 1 fully saturated rings. The Labute approximate surface area is 195 Å². The average Bonchev–Trinajstić information content (AvgIpc) is 2.74. The molecule has 31 heavy (non-hydrogen) atoms. The fourth-order valence-corrected chi connectivity index (χ4v) is 6.02. The quantitative estimate of drug-likeness (QED) is 0.193. The largest absolute Gasteiger partial charge is 0.481 e. The Morgan fingerprint density at radius 1 is 0.613 bits per heavy atom. The van der Waals surface area contributed by atoms with Crippen LogP contribution in [-0.2, 0) is 4.79 Å². The molecule has 0 aliphatic heterocycles. The van der Waals surface area contributed by atoms with Crippen molar-refractivity contribution in [3.8, 4) is 0 Å². The molecule has 2 nitrogen and oxygen atoms in total. The number of carboxylic acids is 1. The number of carboxylic acid groups (broad SMARTS) is 1. The first-order valence-corrected chi connectivity index (χ1v) is 14.3. The number of unbranched alkanes of at least 4 members (excludes halogenated alkanes) is 12. The molecule has 1 aliphatic carbocycles. The summed E-state index contributed by atoms with van der Waals surface area (Å²) in [6.07, 6.45) is 27.8. The summed E-state index contributed by atoms with van der Waals surface area (Å²) in [4.78, 5) is 10.6. The third-order valence-corrected chi connectivity index (χ3v) is 8.07. The molecule has 0 aromatic heterocycles. The third kappa shape index (κ3) is 14.3. The molecule has 0 radical (unpaired) electrons. The molecule has 0 saturated heterocycles. The van der Waals surface area contributed by atoms with Gasteiger partial charge < -0.3 is 5.11 Å². The summed E-state index contributed by atoms with van der Waals surface area (Å²) in [5.41, 5.74) is 0. The van der Waals surface area contributed by atoms with Crippen LogP contribution in [-0.4, -0.2) is 11.1 Å². The zero-order valence-corrected chi connectivity index (χ0v) is 21.5. The molecule has 4 unspecified atom stereocenters. The lowest BCUT2D eigenvalue weighted by molar-refractivity contribution is -0.137. The summed E-state index contributed by atoms with van der Waals surface area (Å²) < 4.78 is 0. The fourth-order valence-electron chi connectivity index (χ4n) is 6.02. The van der Waals surface area contributed by atoms with Crippen molar-refractivity contribution in [2.75, 3.05) is 0 Å². The van der Waals surface area contributed by atoms with Crippen LogP contribution < -0.4 is 0 Å². The van der Waals surface area contributed by atoms with Gasteiger partial charge in [-0.1, -0.05) is 130 Å². The lowest BCUT2D eigenvalue weighted by atomic mass is 9.65. The number of rotatable bonds is 20. The predicted octanol–water partition coefficient (Wildman–Crippen LogP) is 9.80. The minimum Gasteiger partial charge on any atom is -0.481 e. The Bertz CT molecular complexity index is 419. The molecule has 1 aliphatic rings. The smallest absolute Gasteiger partial charge is 0.303 e. The standard InChI is InChI=1S/C29H56O2/c1-4-6-8-10-12-17-21-28-24-26(19-16-13-11-14-18-22-29(30)31)25(3)23-27(28)20-15-9-7-5-2/h25-28H,4-24H2,1-3H3,(H,30,31). The van der Waals surface area contributed by atoms with Gasteiger partial charge in [0.1, 0.15) is 0 Å². The maximum Gasteiger partial charge on any atom is 0.303 e. The summed E-state index contributed by atoms with van der Waals surface area (Å²) in [7, 11) is 0. The molecule has 0 spiro atoms. The summed E-state index contributed by atoms with van der Waals surface area (Å²) in [5, 5.41) is 8.76. The first-order valence-electron chi connectivity index (χ1n) is 14.3. The zero-order chi connectivity index (χ0) is 22.7. The van der Waals surface area contributed by atoms with Crippen molar-refractivity contribution in [3.05, 3.63) is 0 Å². The highest BCUT2D eigenvalue weighted by molar-refractivity contribution is 5.66. The van der Waals surface area contributed by atoms with Crippen LogP contribution in [0.1, 0.15) is 156 Å². The van der Waals surface area contributed by atoms with Gasteiger partial charge >= 0.3 is 5.97 Å². The Morgan fingerprint density at radius 3 is 1.58 bits per heavy atom. The minimum absolute atomic E-state index is 0.347. The Balaban J connectivity index is 2.37. The second-order valence-electron chi connectivity index (χ2n) is 10.8. The molecule has 0 amide bonds. The first-order chi connectivity index (χ1) is 15.1. The zero-order valence-electron chi connectivity index (χ0n) is 21.5. The molecule has 0 aromatic rings. The highest BCUT2D eigenvalue weighted by Crippen LogP contribution is 2.44. The molecule has 4 atom stereocenters. The first kappa shape index (κ1) is 28.5. The molecule has 0 aromatic carbocycles. The van der Waals surface area contributed by atoms with E-state index >= 15 is 0 Å². The SMILES string of the molecule is CCCCCCCCC1CC(CCCCCCCC(=O)O)C(C)CC1CCCCCC. The average molecular weight is 437 g/mol. The summed E-state index contributed by atoms with van der Waals surface area (Å²) >= 11 is 0. The van der Waals surface area contributed by atoms with Gasteiger partial charge in [-0.15, -0.1) is 0 Å². The predicted molar refractivity (Wildman–Crippen MR) is 136 cm³/mol. The van der Waals surface area contributed by atoms with Crippen LogP contribution in [0, 0.1) is 23.7 Å². The van der Waals surface area contributed by atoms with Gasteiger partial charge in [0.15, 0.2) is 0 Å². The van der Waals surface area contributed by atoms with Gasteiger partial charge in [-0.2, -0.15) is 0 Å². The lowest BCUT2D eigenvalue weighted by Crippen LogP contribution is -2.31. The van der Waals surface area contributed by atoms with Crippen LogP contribution >= 0.6 is 0 Å². The molecule has 0 heterocycles. The van der Waals surface area contributed by atoms with Crippen LogP contribution in [0.2, 0.25) is 0 Å². The highest BCUT2D eigenvalue weighted by atomic mass is 16.4. The second kappa shape index (κ2) is 19.0. The minimum atomic E-state index is -0.642. The normalized spacial score (nSPS) is 23.8. The molecule has 2 heteroatoms. The van der Waals surface area contributed by atoms with Crippen molar-refractivity contribution in [2.45, 2.75) is 156 Å². The summed E-state index contributed by atoms with van der Waals surface area (Å²) in [6.45, 7) is 7.17. The Morgan fingerprint density at radius 2 is 1.03 bits per heavy atom. The Kier molecular flexibility index (Phi) is 17.5. The van der Waals surface area contributed by atoms with Gasteiger partial charge in [-0.25, -0.2) is 0 Å². The van der Waals surface area contributed by atoms with Crippen molar-refractivity contribution in [3.63, 3.8) is 0 Å². The number of hydrogen-bond donors (Lipinski definition) is 1. The van der Waals surface area contributed by atoms with E-state index in [1.807, 2.05) is 0 Å². The molecule has 184 valence electrons. The number of hydrogen-bond acceptors (Lipinski definition) is 1. The van der Waals surface area contributed by atoms with E-state index in [9.17, 15) is 4.79 Å². The van der Waals surface area contributed by atoms with Crippen LogP contribution in [0.5, 0.6) is 0 Å². The van der Waals surface area contributed by atoms with Crippen molar-refractivity contribution >= 4 is 5.97 Å². The number of aliphatic carboxylic acids is 1. The van der Waals surface area contributed by atoms with Gasteiger partial charge in [-0.3, -0.25) is 4.79 Å². The van der Waals surface area contributed by atoms with Crippen molar-refractivity contribution in [1.29, 1.82) is 0 Å². The monoisotopic (exact) mass is 436 g/mol. The van der Waals surface area contributed by atoms with E-state index in [0.717, 1.165) is 36.5 Å². The molecule has 1 N–H and O–H groups in total. The second-order valence-corrected chi connectivity index (χ2v) is 10.8. The maximum absolute atomic E-state index is 10.6. The van der Waals surface area contributed by atoms with E-state index in [-0.39, 0.29) is 0 Å². The lowest BCUT2D eigenvalue weighted by Gasteiger charge is -2.41. The van der Waals surface area contributed by atoms with Gasteiger partial charge in [0, 0.05) is 6.42 Å². The van der Waals surface area contributed by atoms with E-state index in [4.69, 9.17) is 5.11 Å². The van der Waals surface area contributed by atoms with Crippen LogP contribution in [0.15, 0.2) is 0 Å². The van der Waals surface area contributed by atoms with Crippen molar-refractivity contribution < 1.29 is 9.90 Å². The van der Waals surface area contributed by atoms with Crippen LogP contribution in [0.3, 0.4) is 0 Å². The van der Waals surface area contributed by atoms with Crippen LogP contribution in [0.25, 0.3) is 0 Å². The van der Waals surface area contributed by atoms with E-state index in [1.54, 1.807) is 0 Å². The Hall–Kier alpha value is -0.530. The molecule has 1 saturated carbocycles. The molecule has 0 bridgehead atoms. The maximum atomic E-state index is 10.6. The molecular formula is C29H56O2. The van der Waals surface area contributed by atoms with E-state index in [1.165, 1.54) is 116 Å². The van der Waals surface area contributed by atoms with Gasteiger partial charge in [-0.05, 0) is 42.9 Å². The van der Waals surface area contributed by atoms with Gasteiger partial charge in [0.2, 0.25) is 0 Å². The van der Waals surface area contributed by atoms with E-state index in [0.29, 0.717) is 6.42 Å². The molecule has 1 rings (SSSR count). The van der Waals surface area contributed by atoms with Crippen molar-refractivity contribution in [2.24, 2.45) is 23.7 Å². The third-order valence-electron chi connectivity index (χ3n) is 8.07. The highest BCUT2D eigenvalue weighted by Gasteiger charge is 2.33. The van der Waals surface area contributed by atoms with Gasteiger partial charge in [0.05, 0.1) is 0 Å². The fraction of sp³-hybridized carbons (Fsp3) is 0.966. The molecular weight excluding hydrogens is 380 g/mol. The topological polar surface area (TPSA) is 37.3 Å². The number of carbonyl (C=O) groups is 1. The van der Waals surface area contributed by atoms with E-state index in [2.05, 4.69) is 20.8 Å².